The number of aliphatic imine (C=N–C) groups is 1. The molecule has 2 aromatic rings. The molecular weight excluding hydrogens is 366 g/mol. The molecule has 1 aliphatic heterocycles. The van der Waals surface area contributed by atoms with Crippen LogP contribution < -0.4 is 10.1 Å². The van der Waals surface area contributed by atoms with Crippen LogP contribution in [0.25, 0.3) is 0 Å². The fourth-order valence-electron chi connectivity index (χ4n) is 3.16. The van der Waals surface area contributed by atoms with Crippen LogP contribution in [0.4, 0.5) is 0 Å². The normalized spacial score (nSPS) is 15.4. The van der Waals surface area contributed by atoms with E-state index in [-0.39, 0.29) is 0 Å². The molecule has 0 saturated carbocycles. The maximum absolute atomic E-state index is 5.82. The number of benzene rings is 1. The number of hydrogen-bond acceptors (Lipinski definition) is 5. The zero-order valence-electron chi connectivity index (χ0n) is 17.4. The summed E-state index contributed by atoms with van der Waals surface area (Å²) in [4.78, 5) is 9.49. The topological polar surface area (TPSA) is 70.8 Å². The molecule has 1 N–H and O–H groups in total. The zero-order valence-corrected chi connectivity index (χ0v) is 17.4. The first-order chi connectivity index (χ1) is 14.2. The fourth-order valence-corrected chi connectivity index (χ4v) is 3.16. The van der Waals surface area contributed by atoms with Crippen LogP contribution in [0.15, 0.2) is 48.0 Å². The fraction of sp³-hybridized carbons (Fsp3) is 0.476. The molecule has 156 valence electrons. The third-order valence-electron chi connectivity index (χ3n) is 5.05. The second-order valence-corrected chi connectivity index (χ2v) is 7.02. The Kier molecular flexibility index (Phi) is 7.63. The van der Waals surface area contributed by atoms with E-state index in [0.29, 0.717) is 19.7 Å². The molecule has 0 spiro atoms. The molecule has 0 radical (unpaired) electrons. The molecule has 8 heteroatoms. The summed E-state index contributed by atoms with van der Waals surface area (Å²) in [6, 6.07) is 9.97. The summed E-state index contributed by atoms with van der Waals surface area (Å²) in [6.07, 6.45) is 1.85. The summed E-state index contributed by atoms with van der Waals surface area (Å²) < 4.78 is 7.79. The molecule has 1 aromatic carbocycles. The summed E-state index contributed by atoms with van der Waals surface area (Å²) in [5.74, 6) is 3.57. The van der Waals surface area contributed by atoms with Gasteiger partial charge < -0.3 is 19.5 Å². The van der Waals surface area contributed by atoms with Gasteiger partial charge in [0.1, 0.15) is 24.7 Å². The minimum atomic E-state index is 0.502. The Morgan fingerprint density at radius 2 is 1.97 bits per heavy atom. The number of piperazine rings is 1. The van der Waals surface area contributed by atoms with E-state index >= 15 is 0 Å². The van der Waals surface area contributed by atoms with Crippen molar-refractivity contribution < 1.29 is 4.74 Å². The van der Waals surface area contributed by atoms with E-state index < -0.39 is 0 Å². The minimum Gasteiger partial charge on any atom is -0.492 e. The van der Waals surface area contributed by atoms with E-state index in [0.717, 1.165) is 56.1 Å². The highest BCUT2D eigenvalue weighted by molar-refractivity contribution is 5.80. The lowest BCUT2D eigenvalue weighted by Crippen LogP contribution is -2.53. The van der Waals surface area contributed by atoms with E-state index in [1.807, 2.05) is 54.9 Å². The zero-order chi connectivity index (χ0) is 20.5. The first kappa shape index (κ1) is 20.9. The third-order valence-corrected chi connectivity index (χ3v) is 5.05. The van der Waals surface area contributed by atoms with Gasteiger partial charge in [0.15, 0.2) is 11.8 Å². The van der Waals surface area contributed by atoms with Crippen LogP contribution in [0.5, 0.6) is 5.75 Å². The van der Waals surface area contributed by atoms with Gasteiger partial charge in [-0.05, 0) is 19.1 Å². The molecule has 0 bridgehead atoms. The largest absolute Gasteiger partial charge is 0.492 e. The Morgan fingerprint density at radius 3 is 2.62 bits per heavy atom. The summed E-state index contributed by atoms with van der Waals surface area (Å²) in [6.45, 7) is 12.4. The molecule has 0 amide bonds. The van der Waals surface area contributed by atoms with Gasteiger partial charge in [0.25, 0.3) is 0 Å². The first-order valence-electron chi connectivity index (χ1n) is 10.1. The van der Waals surface area contributed by atoms with Gasteiger partial charge in [0, 0.05) is 46.3 Å². The summed E-state index contributed by atoms with van der Waals surface area (Å²) in [5.41, 5.74) is 0. The summed E-state index contributed by atoms with van der Waals surface area (Å²) >= 11 is 0. The summed E-state index contributed by atoms with van der Waals surface area (Å²) in [5, 5.41) is 11.7. The van der Waals surface area contributed by atoms with Gasteiger partial charge in [0.2, 0.25) is 0 Å². The molecule has 8 nitrogen and oxygen atoms in total. The quantitative estimate of drug-likeness (QED) is 0.413. The van der Waals surface area contributed by atoms with Gasteiger partial charge >= 0.3 is 0 Å². The van der Waals surface area contributed by atoms with Gasteiger partial charge in [-0.1, -0.05) is 24.3 Å². The molecule has 1 aliphatic rings. The molecule has 0 atom stereocenters. The van der Waals surface area contributed by atoms with E-state index in [1.54, 1.807) is 0 Å². The van der Waals surface area contributed by atoms with Crippen LogP contribution in [-0.2, 0) is 13.6 Å². The van der Waals surface area contributed by atoms with Crippen LogP contribution >= 0.6 is 0 Å². The second-order valence-electron chi connectivity index (χ2n) is 7.02. The third kappa shape index (κ3) is 6.05. The van der Waals surface area contributed by atoms with Crippen molar-refractivity contribution >= 4 is 5.96 Å². The Hall–Kier alpha value is -2.87. The number of nitrogens with one attached hydrogen (secondary N) is 1. The van der Waals surface area contributed by atoms with E-state index in [2.05, 4.69) is 31.9 Å². The predicted octanol–water partition coefficient (Wildman–Crippen LogP) is 1.45. The molecule has 0 unspecified atom stereocenters. The van der Waals surface area contributed by atoms with Crippen molar-refractivity contribution in [2.75, 3.05) is 45.9 Å². The van der Waals surface area contributed by atoms with Crippen LogP contribution in [0.1, 0.15) is 11.6 Å². The van der Waals surface area contributed by atoms with Crippen molar-refractivity contribution in [1.29, 1.82) is 0 Å². The number of ether oxygens (including phenoxy) is 1. The van der Waals surface area contributed by atoms with Crippen molar-refractivity contribution in [2.24, 2.45) is 12.0 Å². The van der Waals surface area contributed by atoms with Crippen LogP contribution in [0.3, 0.4) is 0 Å². The predicted molar refractivity (Wildman–Crippen MR) is 115 cm³/mol. The van der Waals surface area contributed by atoms with Gasteiger partial charge in [-0.25, -0.2) is 4.99 Å². The Labute approximate surface area is 172 Å². The smallest absolute Gasteiger partial charge is 0.194 e. The molecule has 2 heterocycles. The molecule has 1 aromatic heterocycles. The SMILES string of the molecule is C=CCNC(=NCc1nnc(C)n1C)N1CCN(CCOc2ccccc2)CC1. The minimum absolute atomic E-state index is 0.502. The molecule has 0 aliphatic carbocycles. The van der Waals surface area contributed by atoms with Gasteiger partial charge in [-0.15, -0.1) is 16.8 Å². The number of guanidine groups is 1. The number of hydrogen-bond donors (Lipinski definition) is 1. The van der Waals surface area contributed by atoms with Crippen molar-refractivity contribution in [3.63, 3.8) is 0 Å². The van der Waals surface area contributed by atoms with E-state index in [1.165, 1.54) is 0 Å². The van der Waals surface area contributed by atoms with E-state index in [4.69, 9.17) is 9.73 Å². The lowest BCUT2D eigenvalue weighted by atomic mass is 10.3. The average Bonchev–Trinajstić information content (AvgIpc) is 3.07. The second kappa shape index (κ2) is 10.6. The van der Waals surface area contributed by atoms with Crippen LogP contribution in [0.2, 0.25) is 0 Å². The number of nitrogens with zero attached hydrogens (tertiary/aromatic N) is 6. The van der Waals surface area contributed by atoms with Crippen molar-refractivity contribution in [3.8, 4) is 5.75 Å². The molecule has 1 saturated heterocycles. The monoisotopic (exact) mass is 397 g/mol. The highest BCUT2D eigenvalue weighted by Gasteiger charge is 2.19. The lowest BCUT2D eigenvalue weighted by Gasteiger charge is -2.36. The van der Waals surface area contributed by atoms with Crippen molar-refractivity contribution in [1.82, 2.24) is 29.9 Å². The van der Waals surface area contributed by atoms with E-state index in [9.17, 15) is 0 Å². The average molecular weight is 398 g/mol. The van der Waals surface area contributed by atoms with Crippen LogP contribution in [0, 0.1) is 6.92 Å². The highest BCUT2D eigenvalue weighted by atomic mass is 16.5. The molecule has 1 fully saturated rings. The molecular formula is C21H31N7O. The standard InChI is InChI=1S/C21H31N7O/c1-4-10-22-21(23-17-20-25-24-18(2)26(20)3)28-13-11-27(12-14-28)15-16-29-19-8-6-5-7-9-19/h4-9H,1,10-17H2,2-3H3,(H,22,23). The first-order valence-corrected chi connectivity index (χ1v) is 10.1. The van der Waals surface area contributed by atoms with Gasteiger partial charge in [-0.2, -0.15) is 0 Å². The Balaban J connectivity index is 1.49. The Bertz CT molecular complexity index is 795. The number of rotatable bonds is 8. The number of aryl methyl sites for hydroxylation is 1. The maximum Gasteiger partial charge on any atom is 0.194 e. The molecule has 29 heavy (non-hydrogen) atoms. The van der Waals surface area contributed by atoms with Crippen LogP contribution in [-0.4, -0.2) is 76.4 Å². The van der Waals surface area contributed by atoms with Crippen molar-refractivity contribution in [3.05, 3.63) is 54.6 Å². The summed E-state index contributed by atoms with van der Waals surface area (Å²) in [7, 11) is 1.97. The number of aromatic nitrogens is 3. The highest BCUT2D eigenvalue weighted by Crippen LogP contribution is 2.09. The van der Waals surface area contributed by atoms with Crippen molar-refractivity contribution in [2.45, 2.75) is 13.5 Å². The van der Waals surface area contributed by atoms with Gasteiger partial charge in [0.05, 0.1) is 0 Å². The molecule has 3 rings (SSSR count). The lowest BCUT2D eigenvalue weighted by molar-refractivity contribution is 0.152. The number of para-hydroxylation sites is 1. The maximum atomic E-state index is 5.82. The Morgan fingerprint density at radius 1 is 1.21 bits per heavy atom. The van der Waals surface area contributed by atoms with Gasteiger partial charge in [-0.3, -0.25) is 4.90 Å².